The number of aromatic nitrogens is 9. The van der Waals surface area contributed by atoms with Gasteiger partial charge in [-0.05, 0) is 107 Å². The minimum atomic E-state index is -0.563. The molecule has 14 rings (SSSR count). The SMILES string of the molecule is Cn1nc(N2CCC(=O)NC2=O)c2ccc(N3CCN(C(C)(C)C4CCN(C(=O)COC(=O)N5CCC(c6cnc(-c7c(-c8nn(C9%10CC(C9)C%10)c9ncnc(N)c89)noc7C7CC7)nc6)CC5)CC4)CC3)c(F)c21. The summed E-state index contributed by atoms with van der Waals surface area (Å²) in [6, 6.07) is 2.99. The second kappa shape index (κ2) is 17.9. The lowest BCUT2D eigenvalue weighted by atomic mass is 9.50. The van der Waals surface area contributed by atoms with Crippen LogP contribution < -0.4 is 20.9 Å². The van der Waals surface area contributed by atoms with Gasteiger partial charge < -0.3 is 29.7 Å². The van der Waals surface area contributed by atoms with Crippen molar-refractivity contribution in [2.24, 2.45) is 18.9 Å². The minimum Gasteiger partial charge on any atom is -0.439 e. The summed E-state index contributed by atoms with van der Waals surface area (Å²) in [6.45, 7) is 9.25. The smallest absolute Gasteiger partial charge is 0.410 e. The number of carbonyl (C=O) groups excluding carboxylic acids is 4. The van der Waals surface area contributed by atoms with Gasteiger partial charge in [-0.15, -0.1) is 0 Å². The van der Waals surface area contributed by atoms with Crippen LogP contribution in [0.5, 0.6) is 0 Å². The Hall–Kier alpha value is -7.30. The first-order chi connectivity index (χ1) is 36.2. The number of anilines is 3. The molecule has 0 radical (unpaired) electrons. The summed E-state index contributed by atoms with van der Waals surface area (Å²) in [5.41, 5.74) is 10.6. The van der Waals surface area contributed by atoms with Gasteiger partial charge in [0, 0.05) is 102 Å². The maximum Gasteiger partial charge on any atom is 0.410 e. The fourth-order valence-corrected chi connectivity index (χ4v) is 13.0. The Bertz CT molecular complexity index is 3250. The predicted molar refractivity (Wildman–Crippen MR) is 272 cm³/mol. The topological polar surface area (TPSA) is 245 Å². The number of hydrogen-bond acceptors (Lipinski definition) is 16. The number of rotatable bonds is 11. The molecule has 0 unspecified atom stereocenters. The molecule has 4 aliphatic heterocycles. The number of halogens is 1. The van der Waals surface area contributed by atoms with Gasteiger partial charge in [-0.25, -0.2) is 38.6 Å². The molecule has 5 amide bonds. The number of piperazine rings is 1. The zero-order valence-corrected chi connectivity index (χ0v) is 42.5. The molecule has 8 fully saturated rings. The summed E-state index contributed by atoms with van der Waals surface area (Å²) in [5, 5.41) is 17.7. The van der Waals surface area contributed by atoms with Gasteiger partial charge in [0.15, 0.2) is 35.5 Å². The highest BCUT2D eigenvalue weighted by molar-refractivity contribution is 6.09. The highest BCUT2D eigenvalue weighted by Gasteiger charge is 2.59. The van der Waals surface area contributed by atoms with E-state index in [0.717, 1.165) is 80.8 Å². The lowest BCUT2D eigenvalue weighted by Crippen LogP contribution is -2.59. The fourth-order valence-electron chi connectivity index (χ4n) is 13.0. The molecule has 5 aromatic heterocycles. The van der Waals surface area contributed by atoms with Crippen molar-refractivity contribution in [1.82, 2.24) is 64.7 Å². The fraction of sp³-hybridized carbons (Fsp3) is 0.558. The molecular weight excluding hydrogens is 964 g/mol. The largest absolute Gasteiger partial charge is 0.439 e. The monoisotopic (exact) mass is 1020 g/mol. The molecule has 0 spiro atoms. The quantitative estimate of drug-likeness (QED) is 0.162. The number of imide groups is 1. The van der Waals surface area contributed by atoms with Crippen LogP contribution >= 0.6 is 0 Å². The Morgan fingerprint density at radius 3 is 2.27 bits per heavy atom. The van der Waals surface area contributed by atoms with Gasteiger partial charge in [-0.1, -0.05) is 5.16 Å². The first-order valence-electron chi connectivity index (χ1n) is 26.5. The number of likely N-dealkylation sites (tertiary alicyclic amines) is 2. The van der Waals surface area contributed by atoms with Crippen molar-refractivity contribution >= 4 is 63.2 Å². The maximum absolute atomic E-state index is 16.3. The third-order valence-corrected chi connectivity index (χ3v) is 17.8. The normalized spacial score (nSPS) is 23.0. The third-order valence-electron chi connectivity index (χ3n) is 17.8. The standard InChI is InChI=1S/C52H61FN16O6/c1-51(2,67-20-18-64(19-21-67)35-7-6-34-43(40(35)53)63(3)61-47(34)68-17-12-36(70)59-49(68)72)33-10-15-65(16-11-33)37(71)27-74-50(73)66-13-8-30(9-14-66)32-25-55-46(56-26-32)38-42(62-75-44(38)31-4-5-31)41-39-45(54)57-28-58-48(39)69(60-41)52-22-29(23-52)24-52/h6-7,25-26,28-31,33H,4-5,8-24,27H2,1-3H3,(H2,54,57,58)(H,59,70,72). The third kappa shape index (κ3) is 8.01. The molecule has 4 saturated heterocycles. The Labute approximate surface area is 431 Å². The summed E-state index contributed by atoms with van der Waals surface area (Å²) in [7, 11) is 1.66. The van der Waals surface area contributed by atoms with Gasteiger partial charge in [-0.3, -0.25) is 29.4 Å². The molecule has 6 aromatic rings. The highest BCUT2D eigenvalue weighted by Crippen LogP contribution is 2.63. The van der Waals surface area contributed by atoms with Crippen LogP contribution in [-0.2, 0) is 26.9 Å². The zero-order valence-electron chi connectivity index (χ0n) is 42.5. The summed E-state index contributed by atoms with van der Waals surface area (Å²) in [4.78, 5) is 79.1. The Balaban J connectivity index is 0.582. The summed E-state index contributed by atoms with van der Waals surface area (Å²) >= 11 is 0. The van der Waals surface area contributed by atoms with E-state index in [9.17, 15) is 19.2 Å². The lowest BCUT2D eigenvalue weighted by molar-refractivity contribution is -0.136. The van der Waals surface area contributed by atoms with E-state index in [1.165, 1.54) is 15.9 Å². The molecule has 3 N–H and O–H groups in total. The van der Waals surface area contributed by atoms with E-state index < -0.39 is 17.9 Å². The Morgan fingerprint density at radius 2 is 1.59 bits per heavy atom. The molecule has 8 aliphatic rings. The maximum atomic E-state index is 16.3. The van der Waals surface area contributed by atoms with E-state index in [1.54, 1.807) is 29.0 Å². The van der Waals surface area contributed by atoms with Crippen LogP contribution in [0, 0.1) is 17.7 Å². The van der Waals surface area contributed by atoms with Crippen LogP contribution in [0.25, 0.3) is 44.7 Å². The molecule has 75 heavy (non-hydrogen) atoms. The number of ether oxygens (including phenoxy) is 1. The van der Waals surface area contributed by atoms with E-state index >= 15 is 4.39 Å². The molecule has 2 bridgehead atoms. The Morgan fingerprint density at radius 1 is 0.867 bits per heavy atom. The molecule has 23 heteroatoms. The van der Waals surface area contributed by atoms with E-state index in [4.69, 9.17) is 30.1 Å². The average Bonchev–Trinajstić information content (AvgIpc) is 3.89. The minimum absolute atomic E-state index is 0.0325. The van der Waals surface area contributed by atoms with Crippen LogP contribution in [0.3, 0.4) is 0 Å². The molecule has 0 atom stereocenters. The predicted octanol–water partition coefficient (Wildman–Crippen LogP) is 5.53. The number of nitrogens with one attached hydrogen (secondary N) is 1. The molecule has 392 valence electrons. The van der Waals surface area contributed by atoms with E-state index in [0.29, 0.717) is 114 Å². The van der Waals surface area contributed by atoms with Crippen LogP contribution in [0.4, 0.5) is 31.3 Å². The second-order valence-corrected chi connectivity index (χ2v) is 22.4. The first-order valence-corrected chi connectivity index (χ1v) is 26.5. The number of urea groups is 1. The van der Waals surface area contributed by atoms with Gasteiger partial charge in [0.1, 0.15) is 29.0 Å². The number of nitrogen functional groups attached to an aromatic ring is 1. The number of fused-ring (bicyclic) bond motifs is 2. The van der Waals surface area contributed by atoms with Crippen LogP contribution in [0.1, 0.15) is 101 Å². The van der Waals surface area contributed by atoms with E-state index in [1.807, 2.05) is 17.1 Å². The van der Waals surface area contributed by atoms with Crippen molar-refractivity contribution in [3.63, 3.8) is 0 Å². The van der Waals surface area contributed by atoms with Crippen LogP contribution in [0.2, 0.25) is 0 Å². The van der Waals surface area contributed by atoms with Crippen molar-refractivity contribution in [2.75, 3.05) is 81.0 Å². The number of amides is 5. The molecule has 4 saturated carbocycles. The number of hydrogen-bond donors (Lipinski definition) is 2. The second-order valence-electron chi connectivity index (χ2n) is 22.4. The van der Waals surface area contributed by atoms with Gasteiger partial charge in [0.25, 0.3) is 5.91 Å². The van der Waals surface area contributed by atoms with Gasteiger partial charge in [-0.2, -0.15) is 10.2 Å². The van der Waals surface area contributed by atoms with Crippen LogP contribution in [-0.4, -0.2) is 154 Å². The van der Waals surface area contributed by atoms with E-state index in [2.05, 4.69) is 49.2 Å². The summed E-state index contributed by atoms with van der Waals surface area (Å²) in [5.74, 6) is 2.46. The van der Waals surface area contributed by atoms with Gasteiger partial charge >= 0.3 is 12.1 Å². The van der Waals surface area contributed by atoms with Crippen molar-refractivity contribution in [1.29, 1.82) is 0 Å². The van der Waals surface area contributed by atoms with Crippen molar-refractivity contribution in [3.8, 4) is 22.8 Å². The van der Waals surface area contributed by atoms with Gasteiger partial charge in [0.2, 0.25) is 5.91 Å². The summed E-state index contributed by atoms with van der Waals surface area (Å²) in [6.07, 6.45) is 13.2. The van der Waals surface area contributed by atoms with Crippen molar-refractivity contribution in [3.05, 3.63) is 48.0 Å². The van der Waals surface area contributed by atoms with Crippen LogP contribution in [0.15, 0.2) is 35.4 Å². The molecular formula is C52H61FN16O6. The molecule has 22 nitrogen and oxygen atoms in total. The lowest BCUT2D eigenvalue weighted by Gasteiger charge is -2.61. The van der Waals surface area contributed by atoms with Crippen molar-refractivity contribution in [2.45, 2.75) is 101 Å². The molecule has 4 aliphatic carbocycles. The van der Waals surface area contributed by atoms with E-state index in [-0.39, 0.29) is 54.3 Å². The average molecular weight is 1030 g/mol. The summed E-state index contributed by atoms with van der Waals surface area (Å²) < 4.78 is 31.4. The van der Waals surface area contributed by atoms with Crippen molar-refractivity contribution < 1.29 is 32.8 Å². The number of benzene rings is 1. The number of carbonyl (C=O) groups is 4. The molecule has 9 heterocycles. The number of nitrogens with zero attached hydrogens (tertiary/aromatic N) is 14. The molecule has 1 aromatic carbocycles. The Kier molecular flexibility index (Phi) is 11.3. The number of piperidine rings is 2. The zero-order chi connectivity index (χ0) is 51.5. The van der Waals surface area contributed by atoms with Gasteiger partial charge in [0.05, 0.1) is 22.2 Å². The first kappa shape index (κ1) is 47.4. The highest BCUT2D eigenvalue weighted by atomic mass is 19.1. The number of nitrogens with two attached hydrogens (primary N) is 1. The number of aryl methyl sites for hydroxylation is 1.